The first-order chi connectivity index (χ1) is 7.33. The first kappa shape index (κ1) is 9.70. The molecule has 6 bridgehead atoms. The van der Waals surface area contributed by atoms with Crippen LogP contribution in [0.4, 0.5) is 0 Å². The second kappa shape index (κ2) is 2.16. The minimum absolute atomic E-state index is 0.587. The Hall–Kier alpha value is -0.300. The van der Waals surface area contributed by atoms with Crippen molar-refractivity contribution in [2.75, 3.05) is 0 Å². The average molecular weight is 218 g/mol. The Morgan fingerprint density at radius 3 is 2.12 bits per heavy atom. The molecule has 0 amide bonds. The summed E-state index contributed by atoms with van der Waals surface area (Å²) in [6.45, 7) is 8.95. The molecule has 0 aliphatic heterocycles. The molecule has 2 unspecified atom stereocenters. The molecule has 1 heteroatoms. The van der Waals surface area contributed by atoms with Crippen molar-refractivity contribution in [2.45, 2.75) is 46.1 Å². The molecule has 0 aromatic carbocycles. The topological polar surface area (TPSA) is 20.2 Å². The zero-order valence-corrected chi connectivity index (χ0v) is 10.7. The van der Waals surface area contributed by atoms with E-state index in [2.05, 4.69) is 19.9 Å². The van der Waals surface area contributed by atoms with Crippen molar-refractivity contribution < 1.29 is 5.11 Å². The molecule has 0 radical (unpaired) electrons. The van der Waals surface area contributed by atoms with Crippen LogP contribution in [-0.4, -0.2) is 10.7 Å². The third kappa shape index (κ3) is 0.664. The van der Waals surface area contributed by atoms with Gasteiger partial charge in [-0.05, 0) is 66.8 Å². The Labute approximate surface area is 97.9 Å². The first-order valence-corrected chi connectivity index (χ1v) is 6.77. The minimum atomic E-state index is -0.587. The maximum Gasteiger partial charge on any atom is 0.0803 e. The molecule has 16 heavy (non-hydrogen) atoms. The largest absolute Gasteiger partial charge is 0.386 e. The predicted molar refractivity (Wildman–Crippen MR) is 63.8 cm³/mol. The number of aliphatic hydroxyl groups is 1. The lowest BCUT2D eigenvalue weighted by atomic mass is 9.68. The van der Waals surface area contributed by atoms with E-state index >= 15 is 0 Å². The summed E-state index contributed by atoms with van der Waals surface area (Å²) in [5.74, 6) is 3.22. The smallest absolute Gasteiger partial charge is 0.0803 e. The summed E-state index contributed by atoms with van der Waals surface area (Å²) in [7, 11) is 0. The van der Waals surface area contributed by atoms with Gasteiger partial charge < -0.3 is 5.11 Å². The van der Waals surface area contributed by atoms with Crippen LogP contribution >= 0.6 is 0 Å². The molecule has 0 aromatic rings. The molecule has 5 aliphatic carbocycles. The van der Waals surface area contributed by atoms with Gasteiger partial charge in [0, 0.05) is 0 Å². The van der Waals surface area contributed by atoms with Crippen molar-refractivity contribution in [3.8, 4) is 0 Å². The number of hydrogen-bond acceptors (Lipinski definition) is 1. The molecule has 5 aliphatic rings. The van der Waals surface area contributed by atoms with Gasteiger partial charge in [0.1, 0.15) is 0 Å². The highest BCUT2D eigenvalue weighted by Gasteiger charge is 2.85. The standard InChI is InChI=1S/C15H22O/c1-13(2,16)10-7-11-14(3)8-5-6-9(12(8)10)15(11,14)4/h7-9,11-12,16H,5-6H2,1-4H3/t8-,9+,11?,12?,14+,15-. The zero-order valence-electron chi connectivity index (χ0n) is 10.7. The van der Waals surface area contributed by atoms with Crippen LogP contribution in [0.15, 0.2) is 11.6 Å². The van der Waals surface area contributed by atoms with E-state index in [0.29, 0.717) is 16.7 Å². The third-order valence-electron chi connectivity index (χ3n) is 6.98. The molecule has 88 valence electrons. The van der Waals surface area contributed by atoms with Crippen molar-refractivity contribution in [3.63, 3.8) is 0 Å². The van der Waals surface area contributed by atoms with Gasteiger partial charge >= 0.3 is 0 Å². The molecule has 3 fully saturated rings. The molecule has 0 heterocycles. The van der Waals surface area contributed by atoms with Crippen LogP contribution in [0.2, 0.25) is 0 Å². The van der Waals surface area contributed by atoms with Crippen LogP contribution in [0.5, 0.6) is 0 Å². The van der Waals surface area contributed by atoms with Crippen LogP contribution < -0.4 is 0 Å². The Morgan fingerprint density at radius 2 is 1.69 bits per heavy atom. The van der Waals surface area contributed by atoms with Crippen molar-refractivity contribution in [3.05, 3.63) is 11.6 Å². The average Bonchev–Trinajstić information content (AvgIpc) is 2.53. The molecule has 1 N–H and O–H groups in total. The summed E-state index contributed by atoms with van der Waals surface area (Å²) in [6, 6.07) is 0. The fourth-order valence-corrected chi connectivity index (χ4v) is 6.18. The third-order valence-corrected chi connectivity index (χ3v) is 6.98. The van der Waals surface area contributed by atoms with E-state index in [1.165, 1.54) is 18.4 Å². The van der Waals surface area contributed by atoms with Crippen LogP contribution in [0, 0.1) is 34.5 Å². The minimum Gasteiger partial charge on any atom is -0.386 e. The molecule has 1 nitrogen and oxygen atoms in total. The Kier molecular flexibility index (Phi) is 1.31. The fourth-order valence-electron chi connectivity index (χ4n) is 6.18. The van der Waals surface area contributed by atoms with Crippen molar-refractivity contribution >= 4 is 0 Å². The second-order valence-corrected chi connectivity index (χ2v) is 7.54. The van der Waals surface area contributed by atoms with E-state index in [1.807, 2.05) is 13.8 Å². The molecular weight excluding hydrogens is 196 g/mol. The number of allylic oxidation sites excluding steroid dienone is 1. The van der Waals surface area contributed by atoms with E-state index in [4.69, 9.17) is 0 Å². The number of rotatable bonds is 1. The van der Waals surface area contributed by atoms with E-state index in [1.54, 1.807) is 0 Å². The summed E-state index contributed by atoms with van der Waals surface area (Å²) < 4.78 is 0. The summed E-state index contributed by atoms with van der Waals surface area (Å²) >= 11 is 0. The quantitative estimate of drug-likeness (QED) is 0.671. The number of hydrogen-bond donors (Lipinski definition) is 1. The predicted octanol–water partition coefficient (Wildman–Crippen LogP) is 3.00. The van der Waals surface area contributed by atoms with Crippen molar-refractivity contribution in [2.24, 2.45) is 34.5 Å². The highest BCUT2D eigenvalue weighted by Crippen LogP contribution is 2.90. The Bertz CT molecular complexity index is 392. The first-order valence-electron chi connectivity index (χ1n) is 6.77. The van der Waals surface area contributed by atoms with Gasteiger partial charge in [-0.2, -0.15) is 0 Å². The Balaban J connectivity index is 1.90. The van der Waals surface area contributed by atoms with Gasteiger partial charge in [-0.25, -0.2) is 0 Å². The maximum atomic E-state index is 10.3. The highest BCUT2D eigenvalue weighted by atomic mass is 16.3. The Morgan fingerprint density at radius 1 is 1.19 bits per heavy atom. The SMILES string of the molecule is CC(C)(O)C1=CC2[C@@]3(C)[C@H]4CC[C@H](C14)[C@@]23C. The lowest BCUT2D eigenvalue weighted by Crippen LogP contribution is -2.36. The zero-order chi connectivity index (χ0) is 11.5. The van der Waals surface area contributed by atoms with Gasteiger partial charge in [-0.1, -0.05) is 19.9 Å². The summed E-state index contributed by atoms with van der Waals surface area (Å²) in [5.41, 5.74) is 1.97. The monoisotopic (exact) mass is 218 g/mol. The van der Waals surface area contributed by atoms with E-state index < -0.39 is 5.60 Å². The maximum absolute atomic E-state index is 10.3. The van der Waals surface area contributed by atoms with E-state index in [-0.39, 0.29) is 0 Å². The summed E-state index contributed by atoms with van der Waals surface area (Å²) in [6.07, 6.45) is 5.26. The van der Waals surface area contributed by atoms with Gasteiger partial charge in [0.25, 0.3) is 0 Å². The molecule has 6 atom stereocenters. The van der Waals surface area contributed by atoms with Gasteiger partial charge in [-0.15, -0.1) is 0 Å². The van der Waals surface area contributed by atoms with Crippen LogP contribution in [-0.2, 0) is 0 Å². The summed E-state index contributed by atoms with van der Waals surface area (Å²) in [5, 5.41) is 10.3. The lowest BCUT2D eigenvalue weighted by molar-refractivity contribution is 0.0874. The van der Waals surface area contributed by atoms with Crippen LogP contribution in [0.1, 0.15) is 40.5 Å². The lowest BCUT2D eigenvalue weighted by Gasteiger charge is -2.38. The van der Waals surface area contributed by atoms with Gasteiger partial charge in [0.05, 0.1) is 5.60 Å². The van der Waals surface area contributed by atoms with Crippen molar-refractivity contribution in [1.29, 1.82) is 0 Å². The highest BCUT2D eigenvalue weighted by molar-refractivity contribution is 5.46. The second-order valence-electron chi connectivity index (χ2n) is 7.54. The molecule has 0 saturated heterocycles. The van der Waals surface area contributed by atoms with Gasteiger partial charge in [-0.3, -0.25) is 0 Å². The van der Waals surface area contributed by atoms with Gasteiger partial charge in [0.15, 0.2) is 0 Å². The van der Waals surface area contributed by atoms with Gasteiger partial charge in [0.2, 0.25) is 0 Å². The van der Waals surface area contributed by atoms with E-state index in [0.717, 1.165) is 17.8 Å². The molecule has 0 spiro atoms. The normalized spacial score (nSPS) is 61.2. The van der Waals surface area contributed by atoms with E-state index in [9.17, 15) is 5.11 Å². The molecular formula is C15H22O. The molecule has 3 saturated carbocycles. The molecule has 5 rings (SSSR count). The van der Waals surface area contributed by atoms with Crippen LogP contribution in [0.3, 0.4) is 0 Å². The molecule has 0 aromatic heterocycles. The fraction of sp³-hybridized carbons (Fsp3) is 0.867. The summed E-state index contributed by atoms with van der Waals surface area (Å²) in [4.78, 5) is 0. The van der Waals surface area contributed by atoms with Crippen LogP contribution in [0.25, 0.3) is 0 Å². The van der Waals surface area contributed by atoms with Crippen molar-refractivity contribution in [1.82, 2.24) is 0 Å².